The lowest BCUT2D eigenvalue weighted by Crippen LogP contribution is -2.26. The Labute approximate surface area is 85.8 Å². The Hall–Kier alpha value is 0.200. The summed E-state index contributed by atoms with van der Waals surface area (Å²) < 4.78 is 21.5. The van der Waals surface area contributed by atoms with Crippen molar-refractivity contribution < 1.29 is 8.42 Å². The molecule has 0 bridgehead atoms. The topological polar surface area (TPSA) is 46.2 Å². The molecule has 1 N–H and O–H groups in total. The van der Waals surface area contributed by atoms with Crippen molar-refractivity contribution in [1.29, 1.82) is 0 Å². The van der Waals surface area contributed by atoms with Gasteiger partial charge in [0.25, 0.3) is 0 Å². The number of nitrogens with one attached hydrogen (secondary N) is 1. The summed E-state index contributed by atoms with van der Waals surface area (Å²) in [4.78, 5) is 0. The lowest BCUT2D eigenvalue weighted by molar-refractivity contribution is 0.510. The number of hydrogen-bond donors (Lipinski definition) is 1. The largest absolute Gasteiger partial charge is 0.315 e. The summed E-state index contributed by atoms with van der Waals surface area (Å²) in [6.45, 7) is 3.46. The van der Waals surface area contributed by atoms with Crippen LogP contribution in [0.5, 0.6) is 0 Å². The maximum absolute atomic E-state index is 10.7. The number of sulfone groups is 1. The van der Waals surface area contributed by atoms with E-state index in [1.54, 1.807) is 0 Å². The number of rotatable bonds is 7. The predicted molar refractivity (Wildman–Crippen MR) is 57.1 cm³/mol. The number of halogens is 1. The molecule has 80 valence electrons. The van der Waals surface area contributed by atoms with Crippen LogP contribution in [-0.2, 0) is 9.84 Å². The zero-order valence-electron chi connectivity index (χ0n) is 8.22. The first-order chi connectivity index (χ1) is 5.95. The van der Waals surface area contributed by atoms with Crippen LogP contribution in [0.2, 0.25) is 0 Å². The first-order valence-electron chi connectivity index (χ1n) is 4.40. The van der Waals surface area contributed by atoms with Crippen molar-refractivity contribution in [3.05, 3.63) is 0 Å². The van der Waals surface area contributed by atoms with Crippen LogP contribution in [0.4, 0.5) is 0 Å². The summed E-state index contributed by atoms with van der Waals surface area (Å²) in [5, 5.41) is 3.09. The zero-order valence-corrected chi connectivity index (χ0v) is 9.79. The third-order valence-corrected chi connectivity index (χ3v) is 2.91. The van der Waals surface area contributed by atoms with Gasteiger partial charge in [-0.25, -0.2) is 8.42 Å². The van der Waals surface area contributed by atoms with Gasteiger partial charge in [-0.1, -0.05) is 6.92 Å². The minimum atomic E-state index is -2.82. The van der Waals surface area contributed by atoms with Crippen molar-refractivity contribution in [2.24, 2.45) is 5.92 Å². The minimum Gasteiger partial charge on any atom is -0.315 e. The molecule has 0 aromatic rings. The molecule has 0 aliphatic rings. The molecule has 13 heavy (non-hydrogen) atoms. The van der Waals surface area contributed by atoms with Crippen LogP contribution in [0.1, 0.15) is 13.3 Å². The van der Waals surface area contributed by atoms with E-state index in [0.717, 1.165) is 13.0 Å². The highest BCUT2D eigenvalue weighted by Crippen LogP contribution is 2.00. The number of alkyl halides is 1. The van der Waals surface area contributed by atoms with E-state index in [-0.39, 0.29) is 5.75 Å². The van der Waals surface area contributed by atoms with Crippen LogP contribution in [0.3, 0.4) is 0 Å². The van der Waals surface area contributed by atoms with Crippen molar-refractivity contribution in [3.8, 4) is 0 Å². The van der Waals surface area contributed by atoms with Crippen molar-refractivity contribution in [2.75, 3.05) is 31.0 Å². The second-order valence-electron chi connectivity index (χ2n) is 3.42. The van der Waals surface area contributed by atoms with E-state index in [9.17, 15) is 8.42 Å². The molecule has 0 heterocycles. The van der Waals surface area contributed by atoms with Gasteiger partial charge in [-0.15, -0.1) is 11.6 Å². The Kier molecular flexibility index (Phi) is 6.73. The first-order valence-corrected chi connectivity index (χ1v) is 6.99. The normalized spacial score (nSPS) is 14.4. The Morgan fingerprint density at radius 2 is 2.08 bits per heavy atom. The van der Waals surface area contributed by atoms with Crippen molar-refractivity contribution >= 4 is 21.4 Å². The molecule has 0 aliphatic heterocycles. The van der Waals surface area contributed by atoms with Gasteiger partial charge < -0.3 is 5.32 Å². The van der Waals surface area contributed by atoms with Crippen molar-refractivity contribution in [1.82, 2.24) is 5.32 Å². The third kappa shape index (κ3) is 10.1. The second kappa shape index (κ2) is 6.62. The summed E-state index contributed by atoms with van der Waals surface area (Å²) >= 11 is 5.56. The summed E-state index contributed by atoms with van der Waals surface area (Å²) in [6.07, 6.45) is 2.21. The molecule has 1 unspecified atom stereocenters. The highest BCUT2D eigenvalue weighted by molar-refractivity contribution is 7.90. The maximum Gasteiger partial charge on any atom is 0.148 e. The fourth-order valence-electron chi connectivity index (χ4n) is 0.894. The maximum atomic E-state index is 10.7. The van der Waals surface area contributed by atoms with Gasteiger partial charge in [-0.3, -0.25) is 0 Å². The Morgan fingerprint density at radius 1 is 1.46 bits per heavy atom. The third-order valence-electron chi connectivity index (χ3n) is 1.74. The molecule has 0 aromatic carbocycles. The summed E-state index contributed by atoms with van der Waals surface area (Å²) in [5.41, 5.74) is 0. The molecule has 0 saturated carbocycles. The molecule has 0 saturated heterocycles. The van der Waals surface area contributed by atoms with Gasteiger partial charge in [0.2, 0.25) is 0 Å². The van der Waals surface area contributed by atoms with Crippen LogP contribution in [0.15, 0.2) is 0 Å². The van der Waals surface area contributed by atoms with E-state index in [1.807, 2.05) is 0 Å². The molecule has 0 radical (unpaired) electrons. The lowest BCUT2D eigenvalue weighted by atomic mass is 10.1. The SMILES string of the molecule is CC(CCCl)CNCCS(C)(=O)=O. The minimum absolute atomic E-state index is 0.209. The van der Waals surface area contributed by atoms with Gasteiger partial charge in [0, 0.05) is 18.7 Å². The quantitative estimate of drug-likeness (QED) is 0.519. The molecule has 0 aliphatic carbocycles. The summed E-state index contributed by atoms with van der Waals surface area (Å²) in [7, 11) is -2.82. The first kappa shape index (κ1) is 13.2. The van der Waals surface area contributed by atoms with Gasteiger partial charge in [-0.05, 0) is 18.9 Å². The zero-order chi connectivity index (χ0) is 10.3. The van der Waals surface area contributed by atoms with E-state index < -0.39 is 9.84 Å². The smallest absolute Gasteiger partial charge is 0.148 e. The molecule has 0 spiro atoms. The van der Waals surface area contributed by atoms with Gasteiger partial charge in [0.15, 0.2) is 0 Å². The van der Waals surface area contributed by atoms with Crippen molar-refractivity contribution in [2.45, 2.75) is 13.3 Å². The molecule has 5 heteroatoms. The molecular formula is C8H18ClNO2S. The Balaban J connectivity index is 3.36. The van der Waals surface area contributed by atoms with Gasteiger partial charge in [-0.2, -0.15) is 0 Å². The highest BCUT2D eigenvalue weighted by Gasteiger charge is 2.03. The summed E-state index contributed by atoms with van der Waals surface area (Å²) in [6, 6.07) is 0. The Morgan fingerprint density at radius 3 is 2.54 bits per heavy atom. The van der Waals surface area contributed by atoms with E-state index >= 15 is 0 Å². The van der Waals surface area contributed by atoms with Gasteiger partial charge in [0.05, 0.1) is 5.75 Å². The van der Waals surface area contributed by atoms with E-state index in [1.165, 1.54) is 6.26 Å². The fraction of sp³-hybridized carbons (Fsp3) is 1.00. The van der Waals surface area contributed by atoms with Gasteiger partial charge in [0.1, 0.15) is 9.84 Å². The van der Waals surface area contributed by atoms with E-state index in [0.29, 0.717) is 18.3 Å². The van der Waals surface area contributed by atoms with Crippen LogP contribution >= 0.6 is 11.6 Å². The predicted octanol–water partition coefficient (Wildman–Crippen LogP) is 0.886. The average Bonchev–Trinajstić information content (AvgIpc) is 1.97. The lowest BCUT2D eigenvalue weighted by Gasteiger charge is -2.09. The second-order valence-corrected chi connectivity index (χ2v) is 6.05. The standard InChI is InChI=1S/C8H18ClNO2S/c1-8(3-4-9)7-10-5-6-13(2,11)12/h8,10H,3-7H2,1-2H3. The fourth-order valence-corrected chi connectivity index (χ4v) is 1.78. The average molecular weight is 228 g/mol. The molecular weight excluding hydrogens is 210 g/mol. The van der Waals surface area contributed by atoms with Gasteiger partial charge >= 0.3 is 0 Å². The van der Waals surface area contributed by atoms with Crippen LogP contribution in [0, 0.1) is 5.92 Å². The molecule has 1 atom stereocenters. The molecule has 0 fully saturated rings. The number of hydrogen-bond acceptors (Lipinski definition) is 3. The van der Waals surface area contributed by atoms with Crippen LogP contribution in [-0.4, -0.2) is 39.4 Å². The molecule has 0 rings (SSSR count). The van der Waals surface area contributed by atoms with E-state index in [2.05, 4.69) is 12.2 Å². The Bertz CT molecular complexity index is 216. The monoisotopic (exact) mass is 227 g/mol. The van der Waals surface area contributed by atoms with E-state index in [4.69, 9.17) is 11.6 Å². The highest BCUT2D eigenvalue weighted by atomic mass is 35.5. The van der Waals surface area contributed by atoms with Crippen molar-refractivity contribution in [3.63, 3.8) is 0 Å². The molecule has 0 amide bonds. The van der Waals surface area contributed by atoms with Crippen LogP contribution in [0.25, 0.3) is 0 Å². The molecule has 3 nitrogen and oxygen atoms in total. The van der Waals surface area contributed by atoms with Crippen LogP contribution < -0.4 is 5.32 Å². The molecule has 0 aromatic heterocycles. The summed E-state index contributed by atoms with van der Waals surface area (Å²) in [5.74, 6) is 1.38.